The van der Waals surface area contributed by atoms with Gasteiger partial charge in [-0.25, -0.2) is 4.39 Å². The van der Waals surface area contributed by atoms with E-state index in [4.69, 9.17) is 4.74 Å². The molecule has 3 rings (SSSR count). The summed E-state index contributed by atoms with van der Waals surface area (Å²) in [6.07, 6.45) is 3.83. The molecule has 1 aromatic carbocycles. The van der Waals surface area contributed by atoms with Gasteiger partial charge in [-0.3, -0.25) is 19.4 Å². The van der Waals surface area contributed by atoms with E-state index in [1.54, 1.807) is 12.1 Å². The maximum atomic E-state index is 13.8. The van der Waals surface area contributed by atoms with Crippen LogP contribution in [0.3, 0.4) is 0 Å². The van der Waals surface area contributed by atoms with E-state index in [1.807, 2.05) is 0 Å². The van der Waals surface area contributed by atoms with Crippen molar-refractivity contribution < 1.29 is 18.7 Å². The molecule has 2 saturated heterocycles. The monoisotopic (exact) mass is 423 g/mol. The van der Waals surface area contributed by atoms with E-state index in [2.05, 4.69) is 16.7 Å². The SMILES string of the molecule is CCCOc1ccc(F)cc1N1CCN(CCCCCN2C(=O)CSC2=O)CC1. The molecule has 6 nitrogen and oxygen atoms in total. The molecule has 1 aromatic rings. The predicted molar refractivity (Wildman–Crippen MR) is 114 cm³/mol. The van der Waals surface area contributed by atoms with Gasteiger partial charge in [0.15, 0.2) is 0 Å². The number of carbonyl (C=O) groups excluding carboxylic acids is 2. The third kappa shape index (κ3) is 6.09. The molecule has 0 bridgehead atoms. The van der Waals surface area contributed by atoms with Gasteiger partial charge in [0.1, 0.15) is 11.6 Å². The molecule has 0 aromatic heterocycles. The van der Waals surface area contributed by atoms with Crippen molar-refractivity contribution in [3.05, 3.63) is 24.0 Å². The third-order valence-corrected chi connectivity index (χ3v) is 6.15. The van der Waals surface area contributed by atoms with Crippen LogP contribution >= 0.6 is 11.8 Å². The molecule has 0 N–H and O–H groups in total. The number of benzene rings is 1. The zero-order valence-corrected chi connectivity index (χ0v) is 17.9. The summed E-state index contributed by atoms with van der Waals surface area (Å²) < 4.78 is 19.6. The van der Waals surface area contributed by atoms with E-state index in [9.17, 15) is 14.0 Å². The molecule has 29 heavy (non-hydrogen) atoms. The summed E-state index contributed by atoms with van der Waals surface area (Å²) in [5, 5.41) is -0.106. The molecule has 2 fully saturated rings. The average Bonchev–Trinajstić information content (AvgIpc) is 3.05. The van der Waals surface area contributed by atoms with E-state index in [1.165, 1.54) is 11.0 Å². The van der Waals surface area contributed by atoms with Crippen LogP contribution in [-0.2, 0) is 4.79 Å². The van der Waals surface area contributed by atoms with Crippen LogP contribution in [0.15, 0.2) is 18.2 Å². The zero-order valence-electron chi connectivity index (χ0n) is 17.1. The Morgan fingerprint density at radius 3 is 2.52 bits per heavy atom. The molecule has 0 atom stereocenters. The Hall–Kier alpha value is -1.80. The van der Waals surface area contributed by atoms with Crippen LogP contribution in [0.25, 0.3) is 0 Å². The highest BCUT2D eigenvalue weighted by atomic mass is 32.2. The van der Waals surface area contributed by atoms with Crippen LogP contribution in [0.5, 0.6) is 5.75 Å². The third-order valence-electron chi connectivity index (χ3n) is 5.29. The normalized spacial score (nSPS) is 18.0. The van der Waals surface area contributed by atoms with Crippen molar-refractivity contribution in [1.82, 2.24) is 9.80 Å². The summed E-state index contributed by atoms with van der Waals surface area (Å²) in [6, 6.07) is 4.74. The highest BCUT2D eigenvalue weighted by molar-refractivity contribution is 8.14. The van der Waals surface area contributed by atoms with Gasteiger partial charge in [0.2, 0.25) is 5.91 Å². The minimum atomic E-state index is -0.236. The van der Waals surface area contributed by atoms with Gasteiger partial charge in [-0.15, -0.1) is 0 Å². The number of carbonyl (C=O) groups is 2. The number of unbranched alkanes of at least 4 members (excludes halogenated alkanes) is 2. The number of halogens is 1. The number of anilines is 1. The Bertz CT molecular complexity index is 694. The number of hydrogen-bond acceptors (Lipinski definition) is 6. The van der Waals surface area contributed by atoms with Crippen molar-refractivity contribution in [3.63, 3.8) is 0 Å². The summed E-state index contributed by atoms with van der Waals surface area (Å²) in [4.78, 5) is 29.2. The molecule has 0 aliphatic carbocycles. The van der Waals surface area contributed by atoms with Crippen molar-refractivity contribution >= 4 is 28.6 Å². The Morgan fingerprint density at radius 1 is 1.07 bits per heavy atom. The molecule has 160 valence electrons. The molecule has 0 saturated carbocycles. The molecule has 2 amide bonds. The van der Waals surface area contributed by atoms with Gasteiger partial charge in [0, 0.05) is 38.8 Å². The van der Waals surface area contributed by atoms with Crippen LogP contribution in [0, 0.1) is 5.82 Å². The first-order chi connectivity index (χ1) is 14.1. The lowest BCUT2D eigenvalue weighted by atomic mass is 10.2. The Morgan fingerprint density at radius 2 is 1.83 bits per heavy atom. The number of hydrogen-bond donors (Lipinski definition) is 0. The fourth-order valence-corrected chi connectivity index (χ4v) is 4.42. The smallest absolute Gasteiger partial charge is 0.288 e. The molecule has 0 spiro atoms. The Kier molecular flexibility index (Phi) is 8.18. The van der Waals surface area contributed by atoms with Crippen LogP contribution in [-0.4, -0.2) is 72.6 Å². The summed E-state index contributed by atoms with van der Waals surface area (Å²) in [5.74, 6) is 0.751. The molecular formula is C21H30FN3O3S. The average molecular weight is 424 g/mol. The lowest BCUT2D eigenvalue weighted by molar-refractivity contribution is -0.124. The summed E-state index contributed by atoms with van der Waals surface area (Å²) >= 11 is 1.10. The van der Waals surface area contributed by atoms with Gasteiger partial charge < -0.3 is 9.64 Å². The maximum Gasteiger partial charge on any atom is 0.288 e. The topological polar surface area (TPSA) is 53.1 Å². The standard InChI is InChI=1S/C21H30FN3O3S/c1-2-14-28-19-7-6-17(22)15-18(19)24-12-10-23(11-13-24)8-4-3-5-9-25-20(26)16-29-21(25)27/h6-7,15H,2-5,8-14,16H2,1H3. The highest BCUT2D eigenvalue weighted by Gasteiger charge is 2.29. The second-order valence-corrected chi connectivity index (χ2v) is 8.38. The highest BCUT2D eigenvalue weighted by Crippen LogP contribution is 2.30. The number of imide groups is 1. The first kappa shape index (κ1) is 21.9. The fourth-order valence-electron chi connectivity index (χ4n) is 3.66. The minimum absolute atomic E-state index is 0.0595. The largest absolute Gasteiger partial charge is 0.491 e. The van der Waals surface area contributed by atoms with Crippen molar-refractivity contribution in [2.75, 3.05) is 56.5 Å². The van der Waals surface area contributed by atoms with Crippen molar-refractivity contribution in [2.45, 2.75) is 32.6 Å². The molecule has 2 aliphatic heterocycles. The van der Waals surface area contributed by atoms with Gasteiger partial charge in [-0.1, -0.05) is 25.1 Å². The zero-order chi connectivity index (χ0) is 20.6. The first-order valence-corrected chi connectivity index (χ1v) is 11.4. The lowest BCUT2D eigenvalue weighted by Crippen LogP contribution is -2.46. The van der Waals surface area contributed by atoms with Crippen LogP contribution in [0.2, 0.25) is 0 Å². The van der Waals surface area contributed by atoms with Crippen molar-refractivity contribution in [3.8, 4) is 5.75 Å². The van der Waals surface area contributed by atoms with Gasteiger partial charge in [-0.05, 0) is 37.9 Å². The quantitative estimate of drug-likeness (QED) is 0.536. The number of nitrogens with zero attached hydrogens (tertiary/aromatic N) is 3. The Labute approximate surface area is 176 Å². The number of rotatable bonds is 10. The van der Waals surface area contributed by atoms with E-state index >= 15 is 0 Å². The van der Waals surface area contributed by atoms with Crippen LogP contribution < -0.4 is 9.64 Å². The minimum Gasteiger partial charge on any atom is -0.491 e. The van der Waals surface area contributed by atoms with Crippen molar-refractivity contribution in [1.29, 1.82) is 0 Å². The summed E-state index contributed by atoms with van der Waals surface area (Å²) in [5.41, 5.74) is 0.843. The second kappa shape index (κ2) is 10.8. The predicted octanol–water partition coefficient (Wildman–Crippen LogP) is 3.60. The molecular weight excluding hydrogens is 393 g/mol. The number of piperazine rings is 1. The van der Waals surface area contributed by atoms with E-state index in [-0.39, 0.29) is 17.0 Å². The second-order valence-electron chi connectivity index (χ2n) is 7.45. The molecule has 0 radical (unpaired) electrons. The van der Waals surface area contributed by atoms with E-state index < -0.39 is 0 Å². The van der Waals surface area contributed by atoms with Gasteiger partial charge >= 0.3 is 0 Å². The summed E-state index contributed by atoms with van der Waals surface area (Å²) in [6.45, 7) is 7.80. The fraction of sp³-hybridized carbons (Fsp3) is 0.619. The van der Waals surface area contributed by atoms with Crippen molar-refractivity contribution in [2.24, 2.45) is 0 Å². The molecule has 8 heteroatoms. The van der Waals surface area contributed by atoms with Gasteiger partial charge in [0.25, 0.3) is 5.24 Å². The molecule has 0 unspecified atom stereocenters. The number of thioether (sulfide) groups is 1. The lowest BCUT2D eigenvalue weighted by Gasteiger charge is -2.36. The Balaban J connectivity index is 1.38. The van der Waals surface area contributed by atoms with Gasteiger partial charge in [-0.2, -0.15) is 0 Å². The summed E-state index contributed by atoms with van der Waals surface area (Å²) in [7, 11) is 0. The van der Waals surface area contributed by atoms with E-state index in [0.717, 1.165) is 81.6 Å². The van der Waals surface area contributed by atoms with E-state index in [0.29, 0.717) is 18.9 Å². The maximum absolute atomic E-state index is 13.8. The number of amides is 2. The molecule has 2 aliphatic rings. The first-order valence-electron chi connectivity index (χ1n) is 10.4. The van der Waals surface area contributed by atoms with Crippen LogP contribution in [0.4, 0.5) is 14.9 Å². The molecule has 2 heterocycles. The van der Waals surface area contributed by atoms with Gasteiger partial charge in [0.05, 0.1) is 18.0 Å². The number of ether oxygens (including phenoxy) is 1. The van der Waals surface area contributed by atoms with Crippen LogP contribution in [0.1, 0.15) is 32.6 Å².